The molecule has 0 unspecified atom stereocenters. The number of aromatic nitrogens is 2. The van der Waals surface area contributed by atoms with Crippen molar-refractivity contribution in [2.24, 2.45) is 0 Å². The molecule has 2 amide bonds. The van der Waals surface area contributed by atoms with Crippen LogP contribution in [0, 0.1) is 6.92 Å². The minimum Gasteiger partial charge on any atom is -0.487 e. The lowest BCUT2D eigenvalue weighted by Crippen LogP contribution is -2.30. The molecule has 0 aliphatic rings. The summed E-state index contributed by atoms with van der Waals surface area (Å²) in [6.45, 7) is 7.55. The summed E-state index contributed by atoms with van der Waals surface area (Å²) in [5.41, 5.74) is 4.51. The monoisotopic (exact) mass is 456 g/mol. The highest BCUT2D eigenvalue weighted by molar-refractivity contribution is 6.04. The lowest BCUT2D eigenvalue weighted by atomic mass is 10.1. The third-order valence-electron chi connectivity index (χ3n) is 5.57. The smallest absolute Gasteiger partial charge is 0.255 e. The minimum atomic E-state index is -0.253. The van der Waals surface area contributed by atoms with Crippen LogP contribution in [0.3, 0.4) is 0 Å². The van der Waals surface area contributed by atoms with E-state index in [4.69, 9.17) is 4.74 Å². The number of anilines is 1. The number of imidazole rings is 1. The molecule has 0 saturated heterocycles. The molecule has 0 atom stereocenters. The third-order valence-corrected chi connectivity index (χ3v) is 5.57. The molecule has 0 spiro atoms. The largest absolute Gasteiger partial charge is 0.487 e. The number of hydrogen-bond acceptors (Lipinski definition) is 4. The second-order valence-electron chi connectivity index (χ2n) is 8.03. The maximum absolute atomic E-state index is 12.8. The molecule has 7 nitrogen and oxygen atoms in total. The van der Waals surface area contributed by atoms with Crippen molar-refractivity contribution in [3.63, 3.8) is 0 Å². The molecule has 2 aromatic heterocycles. The number of carbonyl (C=O) groups is 2. The fourth-order valence-corrected chi connectivity index (χ4v) is 3.70. The van der Waals surface area contributed by atoms with Crippen molar-refractivity contribution >= 4 is 23.1 Å². The molecule has 0 radical (unpaired) electrons. The van der Waals surface area contributed by atoms with E-state index in [1.165, 1.54) is 0 Å². The summed E-state index contributed by atoms with van der Waals surface area (Å²) in [6.07, 6.45) is 3.95. The quantitative estimate of drug-likeness (QED) is 0.407. The van der Waals surface area contributed by atoms with Crippen molar-refractivity contribution in [1.29, 1.82) is 0 Å². The van der Waals surface area contributed by atoms with E-state index in [1.807, 2.05) is 55.8 Å². The highest BCUT2D eigenvalue weighted by Gasteiger charge is 2.13. The van der Waals surface area contributed by atoms with Gasteiger partial charge in [-0.1, -0.05) is 12.1 Å². The van der Waals surface area contributed by atoms with E-state index in [0.29, 0.717) is 42.3 Å². The number of fused-ring (bicyclic) bond motifs is 1. The van der Waals surface area contributed by atoms with E-state index in [0.717, 1.165) is 16.9 Å². The van der Waals surface area contributed by atoms with Crippen molar-refractivity contribution in [2.45, 2.75) is 27.4 Å². The number of carbonyl (C=O) groups excluding carboxylic acids is 2. The fourth-order valence-electron chi connectivity index (χ4n) is 3.70. The molecule has 0 fully saturated rings. The zero-order valence-electron chi connectivity index (χ0n) is 19.6. The summed E-state index contributed by atoms with van der Waals surface area (Å²) in [4.78, 5) is 31.5. The first-order valence-electron chi connectivity index (χ1n) is 11.3. The zero-order chi connectivity index (χ0) is 24.1. The molecule has 2 heterocycles. The van der Waals surface area contributed by atoms with Gasteiger partial charge in [-0.15, -0.1) is 0 Å². The predicted molar refractivity (Wildman–Crippen MR) is 132 cm³/mol. The Labute approximate surface area is 199 Å². The Hall–Kier alpha value is -4.13. The number of pyridine rings is 1. The van der Waals surface area contributed by atoms with Gasteiger partial charge in [0.2, 0.25) is 0 Å². The summed E-state index contributed by atoms with van der Waals surface area (Å²) in [5, 5.41) is 2.87. The topological polar surface area (TPSA) is 75.9 Å². The average molecular weight is 457 g/mol. The van der Waals surface area contributed by atoms with Gasteiger partial charge in [0.05, 0.1) is 5.69 Å². The number of amides is 2. The number of aryl methyl sites for hydroxylation is 1. The molecular weight excluding hydrogens is 428 g/mol. The molecular formula is C27H28N4O3. The molecule has 34 heavy (non-hydrogen) atoms. The van der Waals surface area contributed by atoms with Gasteiger partial charge in [0.25, 0.3) is 11.8 Å². The molecule has 2 aromatic carbocycles. The van der Waals surface area contributed by atoms with E-state index in [2.05, 4.69) is 10.3 Å². The van der Waals surface area contributed by atoms with Crippen LogP contribution in [-0.2, 0) is 6.61 Å². The molecule has 4 aromatic rings. The van der Waals surface area contributed by atoms with E-state index < -0.39 is 0 Å². The number of hydrogen-bond donors (Lipinski definition) is 1. The van der Waals surface area contributed by atoms with Crippen LogP contribution in [0.5, 0.6) is 5.75 Å². The average Bonchev–Trinajstić information content (AvgIpc) is 3.26. The Morgan fingerprint density at radius 2 is 1.74 bits per heavy atom. The SMILES string of the molecule is CCN(CC)C(=O)c1ccc(NC(=O)c2cccc(OCc3cn4cc(C)ccc4n3)c2)cc1. The van der Waals surface area contributed by atoms with Gasteiger partial charge in [-0.25, -0.2) is 4.98 Å². The number of nitrogens with zero attached hydrogens (tertiary/aromatic N) is 3. The van der Waals surface area contributed by atoms with Gasteiger partial charge in [-0.2, -0.15) is 0 Å². The molecule has 1 N–H and O–H groups in total. The number of ether oxygens (including phenoxy) is 1. The summed E-state index contributed by atoms with van der Waals surface area (Å²) in [5.74, 6) is 0.311. The Kier molecular flexibility index (Phi) is 6.92. The first kappa shape index (κ1) is 23.0. The van der Waals surface area contributed by atoms with Gasteiger partial charge in [0, 0.05) is 42.3 Å². The van der Waals surface area contributed by atoms with E-state index >= 15 is 0 Å². The van der Waals surface area contributed by atoms with Crippen molar-refractivity contribution in [3.8, 4) is 5.75 Å². The maximum Gasteiger partial charge on any atom is 0.255 e. The van der Waals surface area contributed by atoms with E-state index in [9.17, 15) is 9.59 Å². The van der Waals surface area contributed by atoms with E-state index in [1.54, 1.807) is 47.4 Å². The van der Waals surface area contributed by atoms with Gasteiger partial charge in [-0.05, 0) is 74.9 Å². The Morgan fingerprint density at radius 3 is 2.47 bits per heavy atom. The van der Waals surface area contributed by atoms with Crippen LogP contribution >= 0.6 is 0 Å². The van der Waals surface area contributed by atoms with Gasteiger partial charge >= 0.3 is 0 Å². The highest BCUT2D eigenvalue weighted by Crippen LogP contribution is 2.18. The predicted octanol–water partition coefficient (Wildman–Crippen LogP) is 4.96. The highest BCUT2D eigenvalue weighted by atomic mass is 16.5. The van der Waals surface area contributed by atoms with Gasteiger partial charge in [0.1, 0.15) is 18.0 Å². The lowest BCUT2D eigenvalue weighted by molar-refractivity contribution is 0.0773. The first-order valence-corrected chi connectivity index (χ1v) is 11.3. The zero-order valence-corrected chi connectivity index (χ0v) is 19.6. The minimum absolute atomic E-state index is 0.0199. The Bertz CT molecular complexity index is 1310. The van der Waals surface area contributed by atoms with Gasteiger partial charge < -0.3 is 19.4 Å². The maximum atomic E-state index is 12.8. The summed E-state index contributed by atoms with van der Waals surface area (Å²) in [7, 11) is 0. The summed E-state index contributed by atoms with van der Waals surface area (Å²) in [6, 6.07) is 17.9. The van der Waals surface area contributed by atoms with Crippen LogP contribution in [0.2, 0.25) is 0 Å². The molecule has 0 bridgehead atoms. The second-order valence-corrected chi connectivity index (χ2v) is 8.03. The lowest BCUT2D eigenvalue weighted by Gasteiger charge is -2.18. The van der Waals surface area contributed by atoms with Crippen molar-refractivity contribution in [2.75, 3.05) is 18.4 Å². The van der Waals surface area contributed by atoms with Crippen LogP contribution in [0.15, 0.2) is 73.1 Å². The number of rotatable bonds is 8. The summed E-state index contributed by atoms with van der Waals surface area (Å²) >= 11 is 0. The molecule has 7 heteroatoms. The van der Waals surface area contributed by atoms with Crippen LogP contribution in [0.1, 0.15) is 45.8 Å². The second kappa shape index (κ2) is 10.2. The van der Waals surface area contributed by atoms with Crippen molar-refractivity contribution in [3.05, 3.63) is 95.4 Å². The Morgan fingerprint density at radius 1 is 0.971 bits per heavy atom. The first-order chi connectivity index (χ1) is 16.5. The standard InChI is InChI=1S/C27H28N4O3/c1-4-30(5-2)27(33)20-10-12-22(13-11-20)29-26(32)21-7-6-8-24(15-21)34-18-23-17-31-16-19(3)9-14-25(31)28-23/h6-17H,4-5,18H2,1-3H3,(H,29,32). The number of nitrogens with one attached hydrogen (secondary N) is 1. The van der Waals surface area contributed by atoms with Gasteiger partial charge in [-0.3, -0.25) is 9.59 Å². The van der Waals surface area contributed by atoms with Crippen LogP contribution in [0.4, 0.5) is 5.69 Å². The van der Waals surface area contributed by atoms with Crippen molar-refractivity contribution < 1.29 is 14.3 Å². The molecule has 174 valence electrons. The molecule has 0 aliphatic heterocycles. The summed E-state index contributed by atoms with van der Waals surface area (Å²) < 4.78 is 7.85. The molecule has 0 aliphatic carbocycles. The normalized spacial score (nSPS) is 10.8. The Balaban J connectivity index is 1.39. The fraction of sp³-hybridized carbons (Fsp3) is 0.222. The van der Waals surface area contributed by atoms with Gasteiger partial charge in [0.15, 0.2) is 0 Å². The molecule has 4 rings (SSSR count). The number of benzene rings is 2. The van der Waals surface area contributed by atoms with Crippen LogP contribution < -0.4 is 10.1 Å². The molecule has 0 saturated carbocycles. The van der Waals surface area contributed by atoms with Crippen LogP contribution in [-0.4, -0.2) is 39.2 Å². The van der Waals surface area contributed by atoms with E-state index in [-0.39, 0.29) is 11.8 Å². The van der Waals surface area contributed by atoms with Crippen molar-refractivity contribution in [1.82, 2.24) is 14.3 Å². The van der Waals surface area contributed by atoms with Crippen LogP contribution in [0.25, 0.3) is 5.65 Å². The third kappa shape index (κ3) is 5.26.